The number of aliphatic carboxylic acids is 1. The van der Waals surface area contributed by atoms with Crippen LogP contribution in [0.3, 0.4) is 0 Å². The van der Waals surface area contributed by atoms with Crippen LogP contribution in [0.25, 0.3) is 10.8 Å². The average Bonchev–Trinajstić information content (AvgIpc) is 3.36. The minimum atomic E-state index is -5.08. The molecule has 1 saturated heterocycles. The van der Waals surface area contributed by atoms with Gasteiger partial charge in [0.1, 0.15) is 6.04 Å². The van der Waals surface area contributed by atoms with Crippen molar-refractivity contribution < 1.29 is 36.3 Å². The number of carbonyl (C=O) groups is 2. The molecule has 1 aliphatic heterocycles. The van der Waals surface area contributed by atoms with Crippen LogP contribution in [0.15, 0.2) is 41.3 Å². The number of tetrazole rings is 1. The standard InChI is InChI=1S/C17H18ClN7O3S.C2HF3O2/c18-13-3-1-12-8-14(4-2-11(12)7-13)29(27,28)25-6-5-19-15(10-25)17(26)20-9-16-21-23-24-22-16;3-2(4,5)1(6)7/h1-4,7-8,15,19H,5-6,9-10H2,(H,20,26)(H,21,22,23,24);(H,6,7). The van der Waals surface area contributed by atoms with Gasteiger partial charge in [-0.3, -0.25) is 4.79 Å². The predicted molar refractivity (Wildman–Crippen MR) is 119 cm³/mol. The molecule has 0 aliphatic carbocycles. The molecule has 0 saturated carbocycles. The normalized spacial score (nSPS) is 16.7. The minimum absolute atomic E-state index is 0.0292. The number of carbonyl (C=O) groups excluding carboxylic acids is 1. The second-order valence-electron chi connectivity index (χ2n) is 7.39. The van der Waals surface area contributed by atoms with E-state index in [9.17, 15) is 26.4 Å². The number of aromatic nitrogens is 4. The summed E-state index contributed by atoms with van der Waals surface area (Å²) in [6.07, 6.45) is -5.08. The molecular weight excluding hydrogens is 531 g/mol. The number of carboxylic acids is 1. The fraction of sp³-hybridized carbons (Fsp3) is 0.316. The third-order valence-corrected chi connectivity index (χ3v) is 7.02. The largest absolute Gasteiger partial charge is 0.490 e. The van der Waals surface area contributed by atoms with Crippen molar-refractivity contribution in [2.24, 2.45) is 0 Å². The number of nitrogens with one attached hydrogen (secondary N) is 3. The molecule has 1 aromatic heterocycles. The van der Waals surface area contributed by atoms with Crippen molar-refractivity contribution >= 4 is 44.3 Å². The lowest BCUT2D eigenvalue weighted by Gasteiger charge is -2.32. The summed E-state index contributed by atoms with van der Waals surface area (Å²) < 4.78 is 59.3. The van der Waals surface area contributed by atoms with E-state index in [1.807, 2.05) is 0 Å². The number of alkyl halides is 3. The number of fused-ring (bicyclic) bond motifs is 1. The van der Waals surface area contributed by atoms with Gasteiger partial charge in [-0.2, -0.15) is 17.5 Å². The lowest BCUT2D eigenvalue weighted by Crippen LogP contribution is -2.58. The molecule has 1 amide bonds. The molecule has 3 aromatic rings. The van der Waals surface area contributed by atoms with E-state index >= 15 is 0 Å². The maximum atomic E-state index is 13.1. The molecule has 0 radical (unpaired) electrons. The van der Waals surface area contributed by atoms with E-state index in [4.69, 9.17) is 21.5 Å². The van der Waals surface area contributed by atoms with Gasteiger partial charge in [-0.25, -0.2) is 18.3 Å². The van der Waals surface area contributed by atoms with Gasteiger partial charge in [-0.1, -0.05) is 23.7 Å². The Morgan fingerprint density at radius 2 is 1.86 bits per heavy atom. The Morgan fingerprint density at radius 1 is 1.19 bits per heavy atom. The van der Waals surface area contributed by atoms with Crippen LogP contribution in [0.4, 0.5) is 13.2 Å². The van der Waals surface area contributed by atoms with Gasteiger partial charge in [0.05, 0.1) is 11.4 Å². The van der Waals surface area contributed by atoms with Crippen molar-refractivity contribution in [3.8, 4) is 0 Å². The van der Waals surface area contributed by atoms with E-state index in [2.05, 4.69) is 31.3 Å². The van der Waals surface area contributed by atoms with Crippen LogP contribution >= 0.6 is 11.6 Å². The Bertz CT molecular complexity index is 1340. The molecule has 17 heteroatoms. The number of halogens is 4. The first kappa shape index (κ1) is 27.3. The summed E-state index contributed by atoms with van der Waals surface area (Å²) in [5.41, 5.74) is 0. The van der Waals surface area contributed by atoms with Crippen LogP contribution < -0.4 is 10.6 Å². The quantitative estimate of drug-likeness (QED) is 0.361. The van der Waals surface area contributed by atoms with Gasteiger partial charge < -0.3 is 15.7 Å². The topological polar surface area (TPSA) is 170 Å². The van der Waals surface area contributed by atoms with Crippen LogP contribution in [-0.2, 0) is 26.2 Å². The third kappa shape index (κ3) is 6.87. The highest BCUT2D eigenvalue weighted by atomic mass is 35.5. The Hall–Kier alpha value is -3.34. The number of sulfonamides is 1. The van der Waals surface area contributed by atoms with E-state index in [0.29, 0.717) is 17.4 Å². The minimum Gasteiger partial charge on any atom is -0.475 e. The number of hydrogen-bond acceptors (Lipinski definition) is 8. The number of aromatic amines is 1. The van der Waals surface area contributed by atoms with Crippen LogP contribution in [0.1, 0.15) is 5.82 Å². The van der Waals surface area contributed by atoms with Crippen LogP contribution in [0.5, 0.6) is 0 Å². The monoisotopic (exact) mass is 549 g/mol. The Balaban J connectivity index is 0.000000454. The van der Waals surface area contributed by atoms with Crippen LogP contribution in [-0.4, -0.2) is 82.2 Å². The molecule has 0 spiro atoms. The summed E-state index contributed by atoms with van der Waals surface area (Å²) >= 11 is 5.99. The lowest BCUT2D eigenvalue weighted by atomic mass is 10.1. The SMILES string of the molecule is O=C(NCc1nnn[nH]1)C1CN(S(=O)(=O)c2ccc3cc(Cl)ccc3c2)CCN1.O=C(O)C(F)(F)F. The number of benzene rings is 2. The van der Waals surface area contributed by atoms with Gasteiger partial charge in [0.2, 0.25) is 15.9 Å². The number of piperazine rings is 1. The van der Waals surface area contributed by atoms with E-state index < -0.39 is 28.2 Å². The second-order valence-corrected chi connectivity index (χ2v) is 9.77. The van der Waals surface area contributed by atoms with Crippen LogP contribution in [0, 0.1) is 0 Å². The van der Waals surface area contributed by atoms with Gasteiger partial charge >= 0.3 is 12.1 Å². The first-order chi connectivity index (χ1) is 16.9. The summed E-state index contributed by atoms with van der Waals surface area (Å²) in [4.78, 5) is 21.5. The molecule has 0 bridgehead atoms. The van der Waals surface area contributed by atoms with Gasteiger partial charge in [0.25, 0.3) is 0 Å². The summed E-state index contributed by atoms with van der Waals surface area (Å²) in [5, 5.41) is 28.2. The van der Waals surface area contributed by atoms with Gasteiger partial charge in [-0.05, 0) is 45.5 Å². The highest BCUT2D eigenvalue weighted by molar-refractivity contribution is 7.89. The molecule has 36 heavy (non-hydrogen) atoms. The molecule has 194 valence electrons. The zero-order chi connectivity index (χ0) is 26.5. The molecule has 1 unspecified atom stereocenters. The average molecular weight is 550 g/mol. The summed E-state index contributed by atoms with van der Waals surface area (Å²) in [5.74, 6) is -2.67. The van der Waals surface area contributed by atoms with Gasteiger partial charge in [0.15, 0.2) is 5.82 Å². The van der Waals surface area contributed by atoms with Crippen molar-refractivity contribution in [2.45, 2.75) is 23.7 Å². The molecule has 4 rings (SSSR count). The Labute approximate surface area is 206 Å². The number of rotatable bonds is 5. The van der Waals surface area contributed by atoms with Gasteiger partial charge in [-0.15, -0.1) is 5.10 Å². The number of hydrogen-bond donors (Lipinski definition) is 4. The van der Waals surface area contributed by atoms with Crippen molar-refractivity contribution in [1.29, 1.82) is 0 Å². The predicted octanol–water partition coefficient (Wildman–Crippen LogP) is 0.918. The lowest BCUT2D eigenvalue weighted by molar-refractivity contribution is -0.192. The first-order valence-corrected chi connectivity index (χ1v) is 11.9. The fourth-order valence-corrected chi connectivity index (χ4v) is 4.84. The number of H-pyrrole nitrogens is 1. The highest BCUT2D eigenvalue weighted by Gasteiger charge is 2.38. The Morgan fingerprint density at radius 3 is 2.50 bits per heavy atom. The fourth-order valence-electron chi connectivity index (χ4n) is 3.17. The van der Waals surface area contributed by atoms with Crippen molar-refractivity contribution in [1.82, 2.24) is 35.6 Å². The summed E-state index contributed by atoms with van der Waals surface area (Å²) in [6.45, 7) is 0.798. The molecule has 1 aliphatic rings. The Kier molecular flexibility index (Phi) is 8.44. The maximum Gasteiger partial charge on any atom is 0.490 e. The highest BCUT2D eigenvalue weighted by Crippen LogP contribution is 2.25. The first-order valence-electron chi connectivity index (χ1n) is 10.1. The molecule has 2 aromatic carbocycles. The second kappa shape index (κ2) is 11.2. The van der Waals surface area contributed by atoms with E-state index in [-0.39, 0.29) is 30.4 Å². The molecular formula is C19H19ClF3N7O5S. The number of nitrogens with zero attached hydrogens (tertiary/aromatic N) is 4. The molecule has 1 fully saturated rings. The summed E-state index contributed by atoms with van der Waals surface area (Å²) in [7, 11) is -3.75. The zero-order valence-corrected chi connectivity index (χ0v) is 19.7. The van der Waals surface area contributed by atoms with E-state index in [0.717, 1.165) is 10.8 Å². The molecule has 2 heterocycles. The number of carboxylic acid groups (broad SMARTS) is 1. The number of amides is 1. The molecule has 4 N–H and O–H groups in total. The van der Waals surface area contributed by atoms with Crippen molar-refractivity contribution in [2.75, 3.05) is 19.6 Å². The van der Waals surface area contributed by atoms with Crippen LogP contribution in [0.2, 0.25) is 5.02 Å². The van der Waals surface area contributed by atoms with Crippen molar-refractivity contribution in [3.05, 3.63) is 47.2 Å². The summed E-state index contributed by atoms with van der Waals surface area (Å²) in [6, 6.07) is 9.51. The molecule has 1 atom stereocenters. The zero-order valence-electron chi connectivity index (χ0n) is 18.2. The van der Waals surface area contributed by atoms with Gasteiger partial charge in [0, 0.05) is 24.7 Å². The molecule has 12 nitrogen and oxygen atoms in total. The van der Waals surface area contributed by atoms with E-state index in [1.54, 1.807) is 36.4 Å². The van der Waals surface area contributed by atoms with Crippen molar-refractivity contribution in [3.63, 3.8) is 0 Å². The third-order valence-electron chi connectivity index (χ3n) is 4.93. The smallest absolute Gasteiger partial charge is 0.475 e. The maximum absolute atomic E-state index is 13.1. The van der Waals surface area contributed by atoms with E-state index in [1.165, 1.54) is 4.31 Å².